The molecule has 22 heavy (non-hydrogen) atoms. The van der Waals surface area contributed by atoms with Gasteiger partial charge in [-0.2, -0.15) is 0 Å². The van der Waals surface area contributed by atoms with Crippen LogP contribution in [0.5, 0.6) is 5.75 Å². The molecule has 0 saturated heterocycles. The number of para-hydroxylation sites is 2. The Bertz CT molecular complexity index is 503. The zero-order valence-corrected chi connectivity index (χ0v) is 13.7. The van der Waals surface area contributed by atoms with E-state index in [0.29, 0.717) is 24.4 Å². The minimum Gasteiger partial charge on any atom is -0.495 e. The van der Waals surface area contributed by atoms with E-state index in [1.54, 1.807) is 19.2 Å². The van der Waals surface area contributed by atoms with Crippen LogP contribution in [0, 0.1) is 0 Å². The molecule has 0 spiro atoms. The van der Waals surface area contributed by atoms with Crippen LogP contribution in [0.1, 0.15) is 20.3 Å². The van der Waals surface area contributed by atoms with Gasteiger partial charge in [0.15, 0.2) is 0 Å². The summed E-state index contributed by atoms with van der Waals surface area (Å²) in [5.74, 6) is 0.476. The number of anilines is 1. The molecule has 6 nitrogen and oxygen atoms in total. The summed E-state index contributed by atoms with van der Waals surface area (Å²) in [6.45, 7) is 4.61. The molecule has 2 amide bonds. The number of carbonyl (C=O) groups excluding carboxylic acids is 2. The second kappa shape index (κ2) is 9.04. The summed E-state index contributed by atoms with van der Waals surface area (Å²) in [5.41, 5.74) is 0.648. The van der Waals surface area contributed by atoms with Gasteiger partial charge in [0.2, 0.25) is 11.8 Å². The topological polar surface area (TPSA) is 70.7 Å². The lowest BCUT2D eigenvalue weighted by molar-refractivity contribution is -0.123. The number of hydrogen-bond donors (Lipinski definition) is 2. The molecule has 0 aromatic heterocycles. The van der Waals surface area contributed by atoms with Gasteiger partial charge in [0.05, 0.1) is 19.3 Å². The normalized spacial score (nSPS) is 10.6. The third-order valence-electron chi connectivity index (χ3n) is 2.96. The number of methoxy groups -OCH3 is 1. The highest BCUT2D eigenvalue weighted by Gasteiger charge is 2.11. The fourth-order valence-corrected chi connectivity index (χ4v) is 1.94. The van der Waals surface area contributed by atoms with Crippen LogP contribution >= 0.6 is 0 Å². The molecule has 0 saturated carbocycles. The molecule has 6 heteroatoms. The number of likely N-dealkylation sites (N-methyl/N-ethyl adjacent to an activating group) is 1. The van der Waals surface area contributed by atoms with Crippen LogP contribution in [0.2, 0.25) is 0 Å². The van der Waals surface area contributed by atoms with Crippen molar-refractivity contribution in [3.05, 3.63) is 24.3 Å². The van der Waals surface area contributed by atoms with E-state index in [0.717, 1.165) is 0 Å². The van der Waals surface area contributed by atoms with Gasteiger partial charge in [-0.05, 0) is 33.0 Å². The quantitative estimate of drug-likeness (QED) is 0.763. The van der Waals surface area contributed by atoms with Crippen molar-refractivity contribution in [2.24, 2.45) is 0 Å². The van der Waals surface area contributed by atoms with Crippen molar-refractivity contribution in [2.45, 2.75) is 26.3 Å². The van der Waals surface area contributed by atoms with E-state index in [1.807, 2.05) is 37.9 Å². The first-order valence-electron chi connectivity index (χ1n) is 7.33. The number of amides is 2. The minimum atomic E-state index is -0.111. The lowest BCUT2D eigenvalue weighted by Crippen LogP contribution is -2.39. The first-order valence-corrected chi connectivity index (χ1v) is 7.33. The SMILES string of the molecule is COc1ccccc1NC(=O)CCN(C)CC(=O)NC(C)C. The Balaban J connectivity index is 2.38. The molecule has 2 N–H and O–H groups in total. The summed E-state index contributed by atoms with van der Waals surface area (Å²) in [7, 11) is 3.38. The van der Waals surface area contributed by atoms with Crippen molar-refractivity contribution in [3.63, 3.8) is 0 Å². The molecule has 0 aliphatic carbocycles. The van der Waals surface area contributed by atoms with Crippen molar-refractivity contribution < 1.29 is 14.3 Å². The second-order valence-electron chi connectivity index (χ2n) is 5.46. The van der Waals surface area contributed by atoms with Gasteiger partial charge in [0.25, 0.3) is 0 Å². The first-order chi connectivity index (χ1) is 10.4. The molecule has 0 unspecified atom stereocenters. The zero-order chi connectivity index (χ0) is 16.5. The number of nitrogens with zero attached hydrogens (tertiary/aromatic N) is 1. The number of carbonyl (C=O) groups is 2. The van der Waals surface area contributed by atoms with E-state index >= 15 is 0 Å². The van der Waals surface area contributed by atoms with Crippen molar-refractivity contribution in [2.75, 3.05) is 32.6 Å². The van der Waals surface area contributed by atoms with Gasteiger partial charge < -0.3 is 15.4 Å². The summed E-state index contributed by atoms with van der Waals surface area (Å²) < 4.78 is 5.18. The molecule has 122 valence electrons. The molecule has 0 aliphatic rings. The van der Waals surface area contributed by atoms with Crippen LogP contribution in [0.25, 0.3) is 0 Å². The Kier molecular flexibility index (Phi) is 7.39. The monoisotopic (exact) mass is 307 g/mol. The summed E-state index contributed by atoms with van der Waals surface area (Å²) in [5, 5.41) is 5.63. The van der Waals surface area contributed by atoms with E-state index in [-0.39, 0.29) is 24.4 Å². The zero-order valence-electron chi connectivity index (χ0n) is 13.7. The predicted molar refractivity (Wildman–Crippen MR) is 87.0 cm³/mol. The lowest BCUT2D eigenvalue weighted by Gasteiger charge is -2.17. The minimum absolute atomic E-state index is 0.0392. The second-order valence-corrected chi connectivity index (χ2v) is 5.46. The van der Waals surface area contributed by atoms with E-state index in [9.17, 15) is 9.59 Å². The van der Waals surface area contributed by atoms with Crippen molar-refractivity contribution >= 4 is 17.5 Å². The average molecular weight is 307 g/mol. The van der Waals surface area contributed by atoms with E-state index in [1.165, 1.54) is 0 Å². The van der Waals surface area contributed by atoms with Crippen LogP contribution in [-0.4, -0.2) is 50.0 Å². The Hall–Kier alpha value is -2.08. The maximum Gasteiger partial charge on any atom is 0.234 e. The Morgan fingerprint density at radius 2 is 1.91 bits per heavy atom. The van der Waals surface area contributed by atoms with Gasteiger partial charge in [-0.3, -0.25) is 14.5 Å². The lowest BCUT2D eigenvalue weighted by atomic mass is 10.2. The van der Waals surface area contributed by atoms with Crippen LogP contribution in [0.4, 0.5) is 5.69 Å². The standard InChI is InChI=1S/C16H25N3O3/c1-12(2)17-16(21)11-19(3)10-9-15(20)18-13-7-5-6-8-14(13)22-4/h5-8,12H,9-11H2,1-4H3,(H,17,21)(H,18,20). The van der Waals surface area contributed by atoms with E-state index < -0.39 is 0 Å². The summed E-state index contributed by atoms with van der Waals surface area (Å²) in [6, 6.07) is 7.37. The maximum absolute atomic E-state index is 12.0. The third kappa shape index (κ3) is 6.58. The van der Waals surface area contributed by atoms with E-state index in [2.05, 4.69) is 10.6 Å². The molecule has 0 fully saturated rings. The highest BCUT2D eigenvalue weighted by molar-refractivity contribution is 5.92. The highest BCUT2D eigenvalue weighted by atomic mass is 16.5. The van der Waals surface area contributed by atoms with Gasteiger partial charge in [0.1, 0.15) is 5.75 Å². The molecular weight excluding hydrogens is 282 g/mol. The number of hydrogen-bond acceptors (Lipinski definition) is 4. The fourth-order valence-electron chi connectivity index (χ4n) is 1.94. The maximum atomic E-state index is 12.0. The van der Waals surface area contributed by atoms with Crippen LogP contribution in [0.3, 0.4) is 0 Å². The number of rotatable bonds is 8. The van der Waals surface area contributed by atoms with Crippen LogP contribution < -0.4 is 15.4 Å². The largest absolute Gasteiger partial charge is 0.495 e. The van der Waals surface area contributed by atoms with Gasteiger partial charge in [0, 0.05) is 19.0 Å². The highest BCUT2D eigenvalue weighted by Crippen LogP contribution is 2.22. The molecule has 0 bridgehead atoms. The Morgan fingerprint density at radius 1 is 1.23 bits per heavy atom. The third-order valence-corrected chi connectivity index (χ3v) is 2.96. The molecule has 1 aromatic carbocycles. The molecule has 0 radical (unpaired) electrons. The fraction of sp³-hybridized carbons (Fsp3) is 0.500. The summed E-state index contributed by atoms with van der Waals surface area (Å²) in [4.78, 5) is 25.4. The van der Waals surface area contributed by atoms with Gasteiger partial charge >= 0.3 is 0 Å². The molecule has 1 rings (SSSR count). The van der Waals surface area contributed by atoms with Gasteiger partial charge in [-0.25, -0.2) is 0 Å². The number of ether oxygens (including phenoxy) is 1. The average Bonchev–Trinajstić information content (AvgIpc) is 2.44. The number of benzene rings is 1. The van der Waals surface area contributed by atoms with Crippen molar-refractivity contribution in [1.29, 1.82) is 0 Å². The van der Waals surface area contributed by atoms with Gasteiger partial charge in [-0.1, -0.05) is 12.1 Å². The predicted octanol–water partition coefficient (Wildman–Crippen LogP) is 1.48. The van der Waals surface area contributed by atoms with E-state index in [4.69, 9.17) is 4.74 Å². The number of nitrogens with one attached hydrogen (secondary N) is 2. The molecular formula is C16H25N3O3. The van der Waals surface area contributed by atoms with Crippen LogP contribution in [-0.2, 0) is 9.59 Å². The Morgan fingerprint density at radius 3 is 2.55 bits per heavy atom. The molecule has 0 heterocycles. The van der Waals surface area contributed by atoms with Crippen LogP contribution in [0.15, 0.2) is 24.3 Å². The van der Waals surface area contributed by atoms with Crippen molar-refractivity contribution in [3.8, 4) is 5.75 Å². The smallest absolute Gasteiger partial charge is 0.234 e. The molecule has 0 atom stereocenters. The molecule has 0 aliphatic heterocycles. The molecule has 1 aromatic rings. The summed E-state index contributed by atoms with van der Waals surface area (Å²) >= 11 is 0. The van der Waals surface area contributed by atoms with Gasteiger partial charge in [-0.15, -0.1) is 0 Å². The Labute approximate surface area is 131 Å². The van der Waals surface area contributed by atoms with Crippen molar-refractivity contribution in [1.82, 2.24) is 10.2 Å². The summed E-state index contributed by atoms with van der Waals surface area (Å²) in [6.07, 6.45) is 0.309. The first kappa shape index (κ1) is 18.0.